The second-order valence-corrected chi connectivity index (χ2v) is 6.92. The molecule has 0 aromatic heterocycles. The predicted molar refractivity (Wildman–Crippen MR) is 69.3 cm³/mol. The maximum Gasteiger partial charge on any atom is 0.334 e. The predicted octanol–water partition coefficient (Wildman–Crippen LogP) is 1.55. The lowest BCUT2D eigenvalue weighted by atomic mass is 9.76. The Morgan fingerprint density at radius 3 is 2.58 bits per heavy atom. The zero-order valence-electron chi connectivity index (χ0n) is 11.8. The summed E-state index contributed by atoms with van der Waals surface area (Å²) in [7, 11) is 0. The Morgan fingerprint density at radius 2 is 1.89 bits per heavy atom. The molecule has 3 aliphatic rings. The van der Waals surface area contributed by atoms with Crippen LogP contribution in [0.5, 0.6) is 0 Å². The SMILES string of the molecule is CC1=C2C[C@@H]3[C@@H](CC[C@@]3(C)O)[C@@](C)(O)C[C@@H]2OC1=O. The Bertz CT molecular complexity index is 461. The van der Waals surface area contributed by atoms with Gasteiger partial charge in [-0.25, -0.2) is 4.79 Å². The molecule has 0 bridgehead atoms. The van der Waals surface area contributed by atoms with Crippen LogP contribution in [0.3, 0.4) is 0 Å². The molecule has 0 amide bonds. The number of esters is 1. The monoisotopic (exact) mass is 266 g/mol. The largest absolute Gasteiger partial charge is 0.454 e. The fourth-order valence-electron chi connectivity index (χ4n) is 4.25. The highest BCUT2D eigenvalue weighted by Crippen LogP contribution is 2.53. The van der Waals surface area contributed by atoms with Gasteiger partial charge < -0.3 is 14.9 Å². The van der Waals surface area contributed by atoms with Crippen LogP contribution in [0.1, 0.15) is 46.5 Å². The minimum Gasteiger partial charge on any atom is -0.454 e. The number of fused-ring (bicyclic) bond motifs is 2. The van der Waals surface area contributed by atoms with Crippen LogP contribution in [0.15, 0.2) is 11.1 Å². The molecule has 2 saturated carbocycles. The molecular weight excluding hydrogens is 244 g/mol. The topological polar surface area (TPSA) is 66.8 Å². The van der Waals surface area contributed by atoms with Gasteiger partial charge in [0.2, 0.25) is 0 Å². The van der Waals surface area contributed by atoms with Crippen molar-refractivity contribution in [3.8, 4) is 0 Å². The molecule has 19 heavy (non-hydrogen) atoms. The lowest BCUT2D eigenvalue weighted by Gasteiger charge is -2.35. The summed E-state index contributed by atoms with van der Waals surface area (Å²) < 4.78 is 5.37. The number of rotatable bonds is 0. The molecule has 0 spiro atoms. The van der Waals surface area contributed by atoms with Crippen molar-refractivity contribution in [3.05, 3.63) is 11.1 Å². The summed E-state index contributed by atoms with van der Waals surface area (Å²) >= 11 is 0. The summed E-state index contributed by atoms with van der Waals surface area (Å²) in [5.74, 6) is -0.189. The first-order valence-electron chi connectivity index (χ1n) is 7.08. The Kier molecular flexibility index (Phi) is 2.64. The Balaban J connectivity index is 2.04. The van der Waals surface area contributed by atoms with Crippen LogP contribution in [0.25, 0.3) is 0 Å². The molecule has 3 rings (SSSR count). The summed E-state index contributed by atoms with van der Waals surface area (Å²) in [4.78, 5) is 11.7. The zero-order valence-corrected chi connectivity index (χ0v) is 11.8. The number of ether oxygens (including phenoxy) is 1. The number of carbonyl (C=O) groups excluding carboxylic acids is 1. The van der Waals surface area contributed by atoms with Crippen molar-refractivity contribution in [2.24, 2.45) is 11.8 Å². The summed E-state index contributed by atoms with van der Waals surface area (Å²) in [5, 5.41) is 21.3. The average molecular weight is 266 g/mol. The molecule has 0 aromatic rings. The summed E-state index contributed by atoms with van der Waals surface area (Å²) in [5.41, 5.74) is 0.00869. The van der Waals surface area contributed by atoms with Gasteiger partial charge >= 0.3 is 5.97 Å². The first kappa shape index (κ1) is 13.1. The zero-order chi connectivity index (χ0) is 14.0. The molecule has 2 fully saturated rings. The van der Waals surface area contributed by atoms with Gasteiger partial charge in [0, 0.05) is 12.0 Å². The maximum atomic E-state index is 11.7. The van der Waals surface area contributed by atoms with Gasteiger partial charge in [-0.3, -0.25) is 0 Å². The molecule has 1 heterocycles. The molecule has 2 aliphatic carbocycles. The number of hydrogen-bond acceptors (Lipinski definition) is 4. The first-order valence-corrected chi connectivity index (χ1v) is 7.08. The minimum absolute atomic E-state index is 0.00644. The van der Waals surface area contributed by atoms with Crippen molar-refractivity contribution in [1.82, 2.24) is 0 Å². The third-order valence-electron chi connectivity index (χ3n) is 5.51. The second-order valence-electron chi connectivity index (χ2n) is 6.92. The van der Waals surface area contributed by atoms with Gasteiger partial charge in [-0.2, -0.15) is 0 Å². The third kappa shape index (κ3) is 1.84. The van der Waals surface area contributed by atoms with Crippen molar-refractivity contribution < 1.29 is 19.7 Å². The van der Waals surface area contributed by atoms with Gasteiger partial charge in [-0.1, -0.05) is 0 Å². The molecule has 0 radical (unpaired) electrons. The molecular formula is C15H22O4. The molecule has 4 heteroatoms. The van der Waals surface area contributed by atoms with Crippen LogP contribution in [0.2, 0.25) is 0 Å². The summed E-state index contributed by atoms with van der Waals surface area (Å²) in [6.45, 7) is 5.45. The van der Waals surface area contributed by atoms with Crippen LogP contribution in [0.4, 0.5) is 0 Å². The molecule has 0 unspecified atom stereocenters. The van der Waals surface area contributed by atoms with E-state index in [0.29, 0.717) is 24.8 Å². The van der Waals surface area contributed by atoms with E-state index in [0.717, 1.165) is 12.0 Å². The van der Waals surface area contributed by atoms with Crippen molar-refractivity contribution in [2.75, 3.05) is 0 Å². The van der Waals surface area contributed by atoms with Crippen LogP contribution in [-0.4, -0.2) is 33.5 Å². The first-order chi connectivity index (χ1) is 8.72. The molecule has 1 aliphatic heterocycles. The molecule has 0 aromatic carbocycles. The molecule has 5 atom stereocenters. The van der Waals surface area contributed by atoms with E-state index >= 15 is 0 Å². The highest BCUT2D eigenvalue weighted by atomic mass is 16.5. The molecule has 0 saturated heterocycles. The fourth-order valence-corrected chi connectivity index (χ4v) is 4.25. The quantitative estimate of drug-likeness (QED) is 0.653. The number of hydrogen-bond donors (Lipinski definition) is 2. The van der Waals surface area contributed by atoms with Crippen LogP contribution in [-0.2, 0) is 9.53 Å². The maximum absolute atomic E-state index is 11.7. The minimum atomic E-state index is -0.886. The highest BCUT2D eigenvalue weighted by molar-refractivity contribution is 5.91. The van der Waals surface area contributed by atoms with E-state index < -0.39 is 11.2 Å². The third-order valence-corrected chi connectivity index (χ3v) is 5.51. The van der Waals surface area contributed by atoms with Gasteiger partial charge in [-0.15, -0.1) is 0 Å². The summed E-state index contributed by atoms with van der Waals surface area (Å²) in [6.07, 6.45) is 2.35. The van der Waals surface area contributed by atoms with E-state index in [9.17, 15) is 15.0 Å². The lowest BCUT2D eigenvalue weighted by Crippen LogP contribution is -2.41. The Labute approximate surface area is 113 Å². The van der Waals surface area contributed by atoms with Crippen LogP contribution < -0.4 is 0 Å². The summed E-state index contributed by atoms with van der Waals surface area (Å²) in [6, 6.07) is 0. The van der Waals surface area contributed by atoms with Crippen molar-refractivity contribution in [1.29, 1.82) is 0 Å². The fraction of sp³-hybridized carbons (Fsp3) is 0.800. The van der Waals surface area contributed by atoms with Gasteiger partial charge in [-0.05, 0) is 57.4 Å². The van der Waals surface area contributed by atoms with Gasteiger partial charge in [0.15, 0.2) is 0 Å². The van der Waals surface area contributed by atoms with E-state index in [1.807, 2.05) is 13.8 Å². The van der Waals surface area contributed by atoms with Gasteiger partial charge in [0.05, 0.1) is 11.2 Å². The Morgan fingerprint density at radius 1 is 1.21 bits per heavy atom. The van der Waals surface area contributed by atoms with E-state index in [-0.39, 0.29) is 23.9 Å². The van der Waals surface area contributed by atoms with E-state index in [2.05, 4.69) is 0 Å². The molecule has 2 N–H and O–H groups in total. The Hall–Kier alpha value is -0.870. The molecule has 4 nitrogen and oxygen atoms in total. The van der Waals surface area contributed by atoms with E-state index in [1.165, 1.54) is 0 Å². The van der Waals surface area contributed by atoms with E-state index in [4.69, 9.17) is 4.74 Å². The van der Waals surface area contributed by atoms with Crippen LogP contribution >= 0.6 is 0 Å². The number of aliphatic hydroxyl groups is 2. The molecule has 106 valence electrons. The second kappa shape index (κ2) is 3.83. The average Bonchev–Trinajstić information content (AvgIpc) is 2.66. The number of carbonyl (C=O) groups is 1. The highest BCUT2D eigenvalue weighted by Gasteiger charge is 2.55. The smallest absolute Gasteiger partial charge is 0.334 e. The van der Waals surface area contributed by atoms with Crippen LogP contribution in [0, 0.1) is 11.8 Å². The lowest BCUT2D eigenvalue weighted by molar-refractivity contribution is -0.142. The van der Waals surface area contributed by atoms with Gasteiger partial charge in [0.1, 0.15) is 6.10 Å². The van der Waals surface area contributed by atoms with Crippen molar-refractivity contribution in [3.63, 3.8) is 0 Å². The normalized spacial score (nSPS) is 49.7. The van der Waals surface area contributed by atoms with Crippen molar-refractivity contribution >= 4 is 5.97 Å². The standard InChI is InChI=1S/C15H22O4/c1-8-9-6-11-10(4-5-14(11,2)17)15(3,18)7-12(9)19-13(8)16/h10-12,17-18H,4-7H2,1-3H3/t10-,11-,12+,14-,15+/m1/s1. The van der Waals surface area contributed by atoms with Gasteiger partial charge in [0.25, 0.3) is 0 Å². The van der Waals surface area contributed by atoms with Crippen molar-refractivity contribution in [2.45, 2.75) is 63.8 Å². The van der Waals surface area contributed by atoms with E-state index in [1.54, 1.807) is 6.92 Å².